The van der Waals surface area contributed by atoms with Crippen molar-refractivity contribution in [2.24, 2.45) is 0 Å². The Morgan fingerprint density at radius 3 is 2.70 bits per heavy atom. The van der Waals surface area contributed by atoms with E-state index in [0.717, 1.165) is 23.5 Å². The Hall–Kier alpha value is -1.50. The van der Waals surface area contributed by atoms with Gasteiger partial charge in [0.05, 0.1) is 12.3 Å². The molecule has 2 aromatic rings. The molecule has 0 aliphatic heterocycles. The van der Waals surface area contributed by atoms with Crippen LogP contribution in [0.2, 0.25) is 0 Å². The van der Waals surface area contributed by atoms with Crippen molar-refractivity contribution < 1.29 is 14.2 Å². The van der Waals surface area contributed by atoms with Crippen LogP contribution >= 0.6 is 11.3 Å². The zero-order valence-corrected chi connectivity index (χ0v) is 13.7. The lowest BCUT2D eigenvalue weighted by atomic mass is 9.99. The standard InChI is InChI=1S/C17H21FN2O2S/c18-13-3-5-15(6-4-13)22-10-16-20-14(11-23-16)9-19-17(12-21)7-1-2-8-17/h3-6,11,19,21H,1-2,7-10,12H2. The summed E-state index contributed by atoms with van der Waals surface area (Å²) in [5.74, 6) is 0.358. The van der Waals surface area contributed by atoms with Crippen molar-refractivity contribution in [2.75, 3.05) is 6.61 Å². The molecule has 0 atom stereocenters. The third-order valence-corrected chi connectivity index (χ3v) is 5.15. The summed E-state index contributed by atoms with van der Waals surface area (Å²) < 4.78 is 18.4. The third-order valence-electron chi connectivity index (χ3n) is 4.28. The maximum atomic E-state index is 12.8. The second kappa shape index (κ2) is 7.38. The molecule has 6 heteroatoms. The molecule has 1 aliphatic rings. The van der Waals surface area contributed by atoms with E-state index < -0.39 is 0 Å². The Labute approximate surface area is 139 Å². The molecule has 0 bridgehead atoms. The van der Waals surface area contributed by atoms with E-state index in [-0.39, 0.29) is 18.0 Å². The van der Waals surface area contributed by atoms with Gasteiger partial charge in [-0.25, -0.2) is 9.37 Å². The summed E-state index contributed by atoms with van der Waals surface area (Å²) in [6, 6.07) is 5.97. The minimum absolute atomic E-state index is 0.131. The van der Waals surface area contributed by atoms with Gasteiger partial charge in [-0.05, 0) is 37.1 Å². The molecule has 1 aliphatic carbocycles. The van der Waals surface area contributed by atoms with Gasteiger partial charge in [0.2, 0.25) is 0 Å². The fourth-order valence-corrected chi connectivity index (χ4v) is 3.60. The molecule has 1 aromatic carbocycles. The largest absolute Gasteiger partial charge is 0.486 e. The van der Waals surface area contributed by atoms with Crippen LogP contribution in [0.15, 0.2) is 29.6 Å². The highest BCUT2D eigenvalue weighted by Gasteiger charge is 2.32. The Bertz CT molecular complexity index is 624. The van der Waals surface area contributed by atoms with Crippen LogP contribution in [0.3, 0.4) is 0 Å². The number of aromatic nitrogens is 1. The summed E-state index contributed by atoms with van der Waals surface area (Å²) in [5.41, 5.74) is 0.835. The molecule has 0 radical (unpaired) electrons. The Morgan fingerprint density at radius 1 is 1.26 bits per heavy atom. The molecule has 23 heavy (non-hydrogen) atoms. The lowest BCUT2D eigenvalue weighted by molar-refractivity contribution is 0.162. The molecule has 1 saturated carbocycles. The van der Waals surface area contributed by atoms with Gasteiger partial charge in [-0.2, -0.15) is 0 Å². The van der Waals surface area contributed by atoms with Gasteiger partial charge in [-0.15, -0.1) is 11.3 Å². The number of benzene rings is 1. The second-order valence-corrected chi connectivity index (χ2v) is 6.92. The first kappa shape index (κ1) is 16.4. The van der Waals surface area contributed by atoms with Gasteiger partial charge in [-0.3, -0.25) is 0 Å². The van der Waals surface area contributed by atoms with E-state index in [1.807, 2.05) is 5.38 Å². The molecule has 1 aromatic heterocycles. The van der Waals surface area contributed by atoms with E-state index in [1.54, 1.807) is 23.5 Å². The van der Waals surface area contributed by atoms with Crippen LogP contribution in [0.4, 0.5) is 4.39 Å². The maximum Gasteiger partial charge on any atom is 0.140 e. The highest BCUT2D eigenvalue weighted by atomic mass is 32.1. The summed E-state index contributed by atoms with van der Waals surface area (Å²) in [5, 5.41) is 16.0. The van der Waals surface area contributed by atoms with E-state index in [2.05, 4.69) is 10.3 Å². The second-order valence-electron chi connectivity index (χ2n) is 5.97. The SMILES string of the molecule is OCC1(NCc2csc(COc3ccc(F)cc3)n2)CCCC1. The molecule has 0 spiro atoms. The molecule has 0 saturated heterocycles. The van der Waals surface area contributed by atoms with Crippen molar-refractivity contribution in [2.45, 2.75) is 44.4 Å². The van der Waals surface area contributed by atoms with Crippen LogP contribution in [-0.2, 0) is 13.2 Å². The molecule has 2 N–H and O–H groups in total. The predicted octanol–water partition coefficient (Wildman–Crippen LogP) is 3.26. The van der Waals surface area contributed by atoms with Crippen LogP contribution in [-0.4, -0.2) is 22.2 Å². The highest BCUT2D eigenvalue weighted by Crippen LogP contribution is 2.29. The monoisotopic (exact) mass is 336 g/mol. The summed E-state index contributed by atoms with van der Waals surface area (Å²) in [4.78, 5) is 4.54. The number of aliphatic hydroxyl groups excluding tert-OH is 1. The fraction of sp³-hybridized carbons (Fsp3) is 0.471. The van der Waals surface area contributed by atoms with E-state index in [0.29, 0.717) is 18.9 Å². The van der Waals surface area contributed by atoms with Gasteiger partial charge in [0.25, 0.3) is 0 Å². The lowest BCUT2D eigenvalue weighted by Crippen LogP contribution is -2.45. The minimum Gasteiger partial charge on any atom is -0.486 e. The number of hydrogen-bond acceptors (Lipinski definition) is 5. The Kier molecular flexibility index (Phi) is 5.25. The van der Waals surface area contributed by atoms with Crippen molar-refractivity contribution in [3.8, 4) is 5.75 Å². The minimum atomic E-state index is -0.273. The average molecular weight is 336 g/mol. The number of nitrogens with zero attached hydrogens (tertiary/aromatic N) is 1. The van der Waals surface area contributed by atoms with Gasteiger partial charge in [0, 0.05) is 17.5 Å². The summed E-state index contributed by atoms with van der Waals surface area (Å²) in [7, 11) is 0. The Morgan fingerprint density at radius 2 is 2.00 bits per heavy atom. The number of hydrogen-bond donors (Lipinski definition) is 2. The molecule has 0 unspecified atom stereocenters. The zero-order chi connectivity index (χ0) is 16.1. The fourth-order valence-electron chi connectivity index (χ4n) is 2.89. The Balaban J connectivity index is 1.50. The van der Waals surface area contributed by atoms with Crippen LogP contribution in [0.25, 0.3) is 0 Å². The highest BCUT2D eigenvalue weighted by molar-refractivity contribution is 7.09. The van der Waals surface area contributed by atoms with Crippen molar-refractivity contribution in [1.82, 2.24) is 10.3 Å². The van der Waals surface area contributed by atoms with Crippen molar-refractivity contribution >= 4 is 11.3 Å². The van der Waals surface area contributed by atoms with Crippen LogP contribution in [0, 0.1) is 5.82 Å². The van der Waals surface area contributed by atoms with Gasteiger partial charge in [-0.1, -0.05) is 12.8 Å². The molecular formula is C17H21FN2O2S. The normalized spacial score (nSPS) is 16.6. The van der Waals surface area contributed by atoms with Gasteiger partial charge < -0.3 is 15.2 Å². The number of rotatable bonds is 7. The lowest BCUT2D eigenvalue weighted by Gasteiger charge is -2.27. The molecule has 3 rings (SSSR count). The number of nitrogens with one attached hydrogen (secondary N) is 1. The number of thiazole rings is 1. The number of aliphatic hydroxyl groups is 1. The maximum absolute atomic E-state index is 12.8. The summed E-state index contributed by atoms with van der Waals surface area (Å²) >= 11 is 1.55. The quantitative estimate of drug-likeness (QED) is 0.815. The van der Waals surface area contributed by atoms with Crippen molar-refractivity contribution in [3.05, 3.63) is 46.2 Å². The molecule has 4 nitrogen and oxygen atoms in total. The van der Waals surface area contributed by atoms with Gasteiger partial charge in [0.15, 0.2) is 0 Å². The van der Waals surface area contributed by atoms with Gasteiger partial charge in [0.1, 0.15) is 23.2 Å². The summed E-state index contributed by atoms with van der Waals surface area (Å²) in [6.45, 7) is 1.22. The van der Waals surface area contributed by atoms with Crippen molar-refractivity contribution in [3.63, 3.8) is 0 Å². The average Bonchev–Trinajstić information content (AvgIpc) is 3.22. The molecule has 0 amide bonds. The van der Waals surface area contributed by atoms with Crippen LogP contribution < -0.4 is 10.1 Å². The van der Waals surface area contributed by atoms with E-state index in [9.17, 15) is 9.50 Å². The number of ether oxygens (including phenoxy) is 1. The first-order chi connectivity index (χ1) is 11.2. The van der Waals surface area contributed by atoms with Crippen molar-refractivity contribution in [1.29, 1.82) is 0 Å². The predicted molar refractivity (Wildman–Crippen MR) is 88.0 cm³/mol. The molecule has 124 valence electrons. The van der Waals surface area contributed by atoms with E-state index >= 15 is 0 Å². The first-order valence-electron chi connectivity index (χ1n) is 7.87. The first-order valence-corrected chi connectivity index (χ1v) is 8.75. The third kappa shape index (κ3) is 4.28. The van der Waals surface area contributed by atoms with Gasteiger partial charge >= 0.3 is 0 Å². The molecule has 1 fully saturated rings. The topological polar surface area (TPSA) is 54.4 Å². The van der Waals surface area contributed by atoms with Crippen LogP contribution in [0.1, 0.15) is 36.4 Å². The molecular weight excluding hydrogens is 315 g/mol. The number of halogens is 1. The smallest absolute Gasteiger partial charge is 0.140 e. The molecule has 1 heterocycles. The summed E-state index contributed by atoms with van der Waals surface area (Å²) in [6.07, 6.45) is 4.38. The van der Waals surface area contributed by atoms with E-state index in [4.69, 9.17) is 4.74 Å². The zero-order valence-electron chi connectivity index (χ0n) is 12.9. The van der Waals surface area contributed by atoms with E-state index in [1.165, 1.54) is 25.0 Å². The van der Waals surface area contributed by atoms with Crippen LogP contribution in [0.5, 0.6) is 5.75 Å².